The third kappa shape index (κ3) is 5.92. The summed E-state index contributed by atoms with van der Waals surface area (Å²) in [4.78, 5) is 28.5. The Morgan fingerprint density at radius 2 is 1.71 bits per heavy atom. The lowest BCUT2D eigenvalue weighted by molar-refractivity contribution is -0.121. The van der Waals surface area contributed by atoms with Crippen LogP contribution in [-0.4, -0.2) is 21.1 Å². The molecule has 0 aliphatic heterocycles. The molecule has 5 nitrogen and oxygen atoms in total. The average molecular weight is 455 g/mol. The highest BCUT2D eigenvalue weighted by Gasteiger charge is 2.07. The smallest absolute Gasteiger partial charge is 0.165 e. The van der Waals surface area contributed by atoms with Crippen molar-refractivity contribution in [3.8, 4) is 5.75 Å². The van der Waals surface area contributed by atoms with E-state index < -0.39 is 5.82 Å². The lowest BCUT2D eigenvalue weighted by Gasteiger charge is -2.07. The summed E-state index contributed by atoms with van der Waals surface area (Å²) in [6, 6.07) is 17.7. The van der Waals surface area contributed by atoms with Crippen molar-refractivity contribution in [2.45, 2.75) is 13.0 Å². The van der Waals surface area contributed by atoms with Gasteiger partial charge in [-0.2, -0.15) is 0 Å². The van der Waals surface area contributed by atoms with Crippen molar-refractivity contribution in [1.82, 2.24) is 9.55 Å². The number of hydrogen-bond acceptors (Lipinski definition) is 4. The molecule has 2 aromatic heterocycles. The van der Waals surface area contributed by atoms with Gasteiger partial charge in [0.25, 0.3) is 0 Å². The Morgan fingerprint density at radius 3 is 2.41 bits per heavy atom. The van der Waals surface area contributed by atoms with Gasteiger partial charge in [-0.05, 0) is 65.1 Å². The Bertz CT molecular complexity index is 1390. The molecule has 0 aliphatic carbocycles. The van der Waals surface area contributed by atoms with Gasteiger partial charge in [-0.3, -0.25) is 14.6 Å². The minimum atomic E-state index is -0.542. The normalized spacial score (nSPS) is 11.5. The number of allylic oxidation sites excluding steroid dienone is 2. The predicted molar refractivity (Wildman–Crippen MR) is 131 cm³/mol. The van der Waals surface area contributed by atoms with E-state index in [2.05, 4.69) is 4.98 Å². The zero-order valence-electron chi connectivity index (χ0n) is 18.6. The van der Waals surface area contributed by atoms with Crippen LogP contribution in [0.15, 0.2) is 85.2 Å². The maximum absolute atomic E-state index is 14.3. The summed E-state index contributed by atoms with van der Waals surface area (Å²) in [6.45, 7) is 0.153. The monoisotopic (exact) mass is 454 g/mol. The number of hydrogen-bond donors (Lipinski definition) is 0. The first kappa shape index (κ1) is 22.9. The van der Waals surface area contributed by atoms with E-state index in [9.17, 15) is 14.0 Å². The highest BCUT2D eigenvalue weighted by atomic mass is 19.1. The van der Waals surface area contributed by atoms with Crippen LogP contribution in [0.3, 0.4) is 0 Å². The Kier molecular flexibility index (Phi) is 7.08. The molecule has 0 aliphatic rings. The van der Waals surface area contributed by atoms with E-state index in [4.69, 9.17) is 4.74 Å². The van der Waals surface area contributed by atoms with Crippen molar-refractivity contribution in [2.24, 2.45) is 7.05 Å². The number of rotatable bonds is 9. The summed E-state index contributed by atoms with van der Waals surface area (Å²) >= 11 is 0. The zero-order chi connectivity index (χ0) is 23.9. The second-order valence-electron chi connectivity index (χ2n) is 7.82. The first-order valence-electron chi connectivity index (χ1n) is 10.8. The Balaban J connectivity index is 1.31. The van der Waals surface area contributed by atoms with Gasteiger partial charge in [-0.1, -0.05) is 36.4 Å². The molecule has 4 aromatic rings. The topological polar surface area (TPSA) is 61.2 Å². The van der Waals surface area contributed by atoms with E-state index in [-0.39, 0.29) is 30.3 Å². The second-order valence-corrected chi connectivity index (χ2v) is 7.82. The van der Waals surface area contributed by atoms with E-state index in [1.807, 2.05) is 48.1 Å². The summed E-state index contributed by atoms with van der Waals surface area (Å²) in [6.07, 6.45) is 9.23. The molecule has 0 saturated carbocycles. The number of carbonyl (C=O) groups is 2. The van der Waals surface area contributed by atoms with E-state index in [0.717, 1.165) is 16.5 Å². The Morgan fingerprint density at radius 1 is 0.971 bits per heavy atom. The molecule has 4 rings (SSSR count). The quantitative estimate of drug-likeness (QED) is 0.246. The standard InChI is InChI=1S/C28H23FN2O3/c1-31-15-13-22-9-5-21(17-27(22)31)7-11-25(33)18-24(32)10-6-20-8-12-28(26(29)16-20)34-19-23-4-2-3-14-30-23/h2-17H,18-19H2,1H3/b10-6+,11-7+. The number of carbonyl (C=O) groups excluding carboxylic acids is 2. The number of halogens is 1. The molecule has 2 aromatic carbocycles. The molecule has 0 amide bonds. The van der Waals surface area contributed by atoms with Crippen molar-refractivity contribution >= 4 is 34.6 Å². The molecule has 0 unspecified atom stereocenters. The zero-order valence-corrected chi connectivity index (χ0v) is 18.6. The maximum atomic E-state index is 14.3. The van der Waals surface area contributed by atoms with Crippen molar-refractivity contribution in [3.05, 3.63) is 108 Å². The fourth-order valence-corrected chi connectivity index (χ4v) is 3.42. The summed E-state index contributed by atoms with van der Waals surface area (Å²) in [5.41, 5.74) is 3.13. The summed E-state index contributed by atoms with van der Waals surface area (Å²) in [5, 5.41) is 1.12. The number of ketones is 2. The largest absolute Gasteiger partial charge is 0.484 e. The fraction of sp³-hybridized carbons (Fsp3) is 0.107. The van der Waals surface area contributed by atoms with E-state index >= 15 is 0 Å². The molecular weight excluding hydrogens is 431 g/mol. The molecular formula is C28H23FN2O3. The van der Waals surface area contributed by atoms with Crippen LogP contribution in [-0.2, 0) is 23.2 Å². The van der Waals surface area contributed by atoms with Crippen molar-refractivity contribution in [3.63, 3.8) is 0 Å². The summed E-state index contributed by atoms with van der Waals surface area (Å²) in [5.74, 6) is -1.10. The Labute approximate surface area is 196 Å². The van der Waals surface area contributed by atoms with Crippen LogP contribution in [0.2, 0.25) is 0 Å². The summed E-state index contributed by atoms with van der Waals surface area (Å²) < 4.78 is 21.8. The van der Waals surface area contributed by atoms with Crippen molar-refractivity contribution in [1.29, 1.82) is 0 Å². The lowest BCUT2D eigenvalue weighted by Crippen LogP contribution is -2.02. The predicted octanol–water partition coefficient (Wildman–Crippen LogP) is 5.55. The van der Waals surface area contributed by atoms with Crippen LogP contribution in [0.1, 0.15) is 23.2 Å². The molecule has 0 radical (unpaired) electrons. The van der Waals surface area contributed by atoms with Crippen molar-refractivity contribution in [2.75, 3.05) is 0 Å². The van der Waals surface area contributed by atoms with Gasteiger partial charge >= 0.3 is 0 Å². The minimum absolute atomic E-state index is 0.1000. The van der Waals surface area contributed by atoms with Crippen LogP contribution in [0.5, 0.6) is 5.75 Å². The average Bonchev–Trinajstić information content (AvgIpc) is 3.21. The number of nitrogens with zero attached hydrogens (tertiary/aromatic N) is 2. The highest BCUT2D eigenvalue weighted by molar-refractivity contribution is 6.11. The van der Waals surface area contributed by atoms with Gasteiger partial charge in [0.2, 0.25) is 0 Å². The first-order valence-corrected chi connectivity index (χ1v) is 10.8. The van der Waals surface area contributed by atoms with Crippen molar-refractivity contribution < 1.29 is 18.7 Å². The van der Waals surface area contributed by atoms with Gasteiger partial charge in [-0.25, -0.2) is 4.39 Å². The Hall–Kier alpha value is -4.32. The number of aryl methyl sites for hydroxylation is 1. The van der Waals surface area contributed by atoms with Crippen LogP contribution >= 0.6 is 0 Å². The van der Waals surface area contributed by atoms with E-state index in [1.165, 1.54) is 30.4 Å². The molecule has 0 atom stereocenters. The van der Waals surface area contributed by atoms with Gasteiger partial charge in [0.15, 0.2) is 23.1 Å². The van der Waals surface area contributed by atoms with Gasteiger partial charge in [0.1, 0.15) is 6.61 Å². The number of pyridine rings is 1. The molecule has 6 heteroatoms. The summed E-state index contributed by atoms with van der Waals surface area (Å²) in [7, 11) is 1.96. The van der Waals surface area contributed by atoms with Gasteiger partial charge in [0, 0.05) is 25.0 Å². The molecule has 0 spiro atoms. The fourth-order valence-electron chi connectivity index (χ4n) is 3.42. The molecule has 2 heterocycles. The van der Waals surface area contributed by atoms with Gasteiger partial charge < -0.3 is 9.30 Å². The van der Waals surface area contributed by atoms with Crippen LogP contribution < -0.4 is 4.74 Å². The third-order valence-electron chi connectivity index (χ3n) is 5.24. The number of benzene rings is 2. The van der Waals surface area contributed by atoms with Crippen LogP contribution in [0, 0.1) is 5.82 Å². The first-order chi connectivity index (χ1) is 16.5. The minimum Gasteiger partial charge on any atom is -0.484 e. The molecule has 0 saturated heterocycles. The molecule has 170 valence electrons. The molecule has 0 bridgehead atoms. The second kappa shape index (κ2) is 10.5. The maximum Gasteiger partial charge on any atom is 0.165 e. The number of aromatic nitrogens is 2. The third-order valence-corrected chi connectivity index (χ3v) is 5.24. The highest BCUT2D eigenvalue weighted by Crippen LogP contribution is 2.20. The number of ether oxygens (including phenoxy) is 1. The van der Waals surface area contributed by atoms with E-state index in [0.29, 0.717) is 11.3 Å². The lowest BCUT2D eigenvalue weighted by atomic mass is 10.1. The van der Waals surface area contributed by atoms with E-state index in [1.54, 1.807) is 30.5 Å². The van der Waals surface area contributed by atoms with Gasteiger partial charge in [0.05, 0.1) is 12.1 Å². The molecule has 0 fully saturated rings. The molecule has 0 N–H and O–H groups in total. The SMILES string of the molecule is Cn1ccc2ccc(/C=C/C(=O)CC(=O)/C=C/c3ccc(OCc4ccccn4)c(F)c3)cc21. The number of fused-ring (bicyclic) bond motifs is 1. The molecule has 34 heavy (non-hydrogen) atoms. The van der Waals surface area contributed by atoms with Crippen LogP contribution in [0.25, 0.3) is 23.1 Å². The van der Waals surface area contributed by atoms with Gasteiger partial charge in [-0.15, -0.1) is 0 Å². The van der Waals surface area contributed by atoms with Crippen LogP contribution in [0.4, 0.5) is 4.39 Å².